The SMILES string of the molecule is Cc1c(N)cccc1CN1CCOCC1. The minimum Gasteiger partial charge on any atom is -0.399 e. The lowest BCUT2D eigenvalue weighted by Gasteiger charge is -2.27. The summed E-state index contributed by atoms with van der Waals surface area (Å²) < 4.78 is 5.33. The Bertz CT molecular complexity index is 332. The van der Waals surface area contributed by atoms with E-state index in [9.17, 15) is 0 Å². The maximum Gasteiger partial charge on any atom is 0.0594 e. The summed E-state index contributed by atoms with van der Waals surface area (Å²) in [7, 11) is 0. The van der Waals surface area contributed by atoms with Gasteiger partial charge in [0.15, 0.2) is 0 Å². The topological polar surface area (TPSA) is 38.5 Å². The van der Waals surface area contributed by atoms with Crippen molar-refractivity contribution in [3.63, 3.8) is 0 Å². The lowest BCUT2D eigenvalue weighted by atomic mass is 10.1. The molecule has 0 aromatic heterocycles. The number of hydrogen-bond donors (Lipinski definition) is 1. The summed E-state index contributed by atoms with van der Waals surface area (Å²) in [5.41, 5.74) is 9.31. The third kappa shape index (κ3) is 2.49. The third-order valence-corrected chi connectivity index (χ3v) is 2.99. The van der Waals surface area contributed by atoms with Crippen molar-refractivity contribution in [1.82, 2.24) is 4.90 Å². The first-order valence-electron chi connectivity index (χ1n) is 5.41. The van der Waals surface area contributed by atoms with Crippen molar-refractivity contribution in [1.29, 1.82) is 0 Å². The number of nitrogen functional groups attached to an aromatic ring is 1. The van der Waals surface area contributed by atoms with E-state index < -0.39 is 0 Å². The Balaban J connectivity index is 2.06. The monoisotopic (exact) mass is 206 g/mol. The Hall–Kier alpha value is -1.06. The summed E-state index contributed by atoms with van der Waals surface area (Å²) in [4.78, 5) is 2.41. The fourth-order valence-corrected chi connectivity index (χ4v) is 1.87. The smallest absolute Gasteiger partial charge is 0.0594 e. The minimum atomic E-state index is 0.849. The maximum atomic E-state index is 5.88. The highest BCUT2D eigenvalue weighted by molar-refractivity contribution is 5.49. The molecule has 0 unspecified atom stereocenters. The molecular weight excluding hydrogens is 188 g/mol. The highest BCUT2D eigenvalue weighted by Crippen LogP contribution is 2.17. The Morgan fingerprint density at radius 2 is 2.07 bits per heavy atom. The molecule has 82 valence electrons. The number of hydrogen-bond acceptors (Lipinski definition) is 3. The Morgan fingerprint density at radius 1 is 1.33 bits per heavy atom. The van der Waals surface area contributed by atoms with Crippen LogP contribution in [0.15, 0.2) is 18.2 Å². The van der Waals surface area contributed by atoms with Crippen LogP contribution in [0.4, 0.5) is 5.69 Å². The van der Waals surface area contributed by atoms with Crippen molar-refractivity contribution < 1.29 is 4.74 Å². The largest absolute Gasteiger partial charge is 0.399 e. The highest BCUT2D eigenvalue weighted by Gasteiger charge is 2.12. The number of nitrogens with two attached hydrogens (primary N) is 1. The van der Waals surface area contributed by atoms with Gasteiger partial charge in [0, 0.05) is 25.3 Å². The molecule has 0 amide bonds. The lowest BCUT2D eigenvalue weighted by molar-refractivity contribution is 0.0341. The summed E-state index contributed by atoms with van der Waals surface area (Å²) in [6.45, 7) is 6.82. The first-order valence-corrected chi connectivity index (χ1v) is 5.41. The van der Waals surface area contributed by atoms with Crippen LogP contribution >= 0.6 is 0 Å². The summed E-state index contributed by atoms with van der Waals surface area (Å²) in [5.74, 6) is 0. The summed E-state index contributed by atoms with van der Waals surface area (Å²) >= 11 is 0. The number of ether oxygens (including phenoxy) is 1. The number of morpholine rings is 1. The molecule has 1 aromatic carbocycles. The zero-order chi connectivity index (χ0) is 10.7. The zero-order valence-electron chi connectivity index (χ0n) is 9.20. The van der Waals surface area contributed by atoms with Gasteiger partial charge in [0.2, 0.25) is 0 Å². The fraction of sp³-hybridized carbons (Fsp3) is 0.500. The quantitative estimate of drug-likeness (QED) is 0.744. The van der Waals surface area contributed by atoms with Crippen LogP contribution in [0.2, 0.25) is 0 Å². The summed E-state index contributed by atoms with van der Waals surface area (Å²) in [5, 5.41) is 0. The second kappa shape index (κ2) is 4.64. The van der Waals surface area contributed by atoms with Crippen molar-refractivity contribution in [3.8, 4) is 0 Å². The van der Waals surface area contributed by atoms with Crippen molar-refractivity contribution >= 4 is 5.69 Å². The second-order valence-electron chi connectivity index (χ2n) is 4.02. The van der Waals surface area contributed by atoms with E-state index in [0.29, 0.717) is 0 Å². The predicted octanol–water partition coefficient (Wildman–Crippen LogP) is 1.41. The molecule has 15 heavy (non-hydrogen) atoms. The van der Waals surface area contributed by atoms with Gasteiger partial charge in [-0.15, -0.1) is 0 Å². The van der Waals surface area contributed by atoms with Gasteiger partial charge in [-0.3, -0.25) is 4.90 Å². The van der Waals surface area contributed by atoms with Crippen molar-refractivity contribution in [2.75, 3.05) is 32.0 Å². The van der Waals surface area contributed by atoms with Crippen molar-refractivity contribution in [2.45, 2.75) is 13.5 Å². The van der Waals surface area contributed by atoms with Gasteiger partial charge < -0.3 is 10.5 Å². The van der Waals surface area contributed by atoms with E-state index in [-0.39, 0.29) is 0 Å². The Labute approximate surface area is 90.8 Å². The molecule has 1 heterocycles. The van der Waals surface area contributed by atoms with Crippen LogP contribution in [0.25, 0.3) is 0 Å². The van der Waals surface area contributed by atoms with E-state index in [2.05, 4.69) is 17.9 Å². The molecule has 1 fully saturated rings. The molecular formula is C12H18N2O. The lowest BCUT2D eigenvalue weighted by Crippen LogP contribution is -2.35. The highest BCUT2D eigenvalue weighted by atomic mass is 16.5. The van der Waals surface area contributed by atoms with Crippen LogP contribution < -0.4 is 5.73 Å². The molecule has 1 aliphatic rings. The molecule has 0 saturated carbocycles. The van der Waals surface area contributed by atoms with Crippen LogP contribution in [0.3, 0.4) is 0 Å². The van der Waals surface area contributed by atoms with Crippen LogP contribution in [-0.2, 0) is 11.3 Å². The molecule has 0 bridgehead atoms. The van der Waals surface area contributed by atoms with Crippen LogP contribution in [-0.4, -0.2) is 31.2 Å². The molecule has 3 heteroatoms. The van der Waals surface area contributed by atoms with Crippen LogP contribution in [0.1, 0.15) is 11.1 Å². The molecule has 2 N–H and O–H groups in total. The predicted molar refractivity (Wildman–Crippen MR) is 61.7 cm³/mol. The number of rotatable bonds is 2. The van der Waals surface area contributed by atoms with Gasteiger partial charge in [-0.05, 0) is 24.1 Å². The van der Waals surface area contributed by atoms with Crippen LogP contribution in [0.5, 0.6) is 0 Å². The molecule has 0 spiro atoms. The van der Waals surface area contributed by atoms with Gasteiger partial charge in [0.25, 0.3) is 0 Å². The third-order valence-electron chi connectivity index (χ3n) is 2.99. The van der Waals surface area contributed by atoms with E-state index in [1.165, 1.54) is 11.1 Å². The molecule has 0 radical (unpaired) electrons. The standard InChI is InChI=1S/C12H18N2O/c1-10-11(3-2-4-12(10)13)9-14-5-7-15-8-6-14/h2-4H,5-9,13H2,1H3. The number of nitrogens with zero attached hydrogens (tertiary/aromatic N) is 1. The molecule has 2 rings (SSSR count). The van der Waals surface area contributed by atoms with Gasteiger partial charge >= 0.3 is 0 Å². The molecule has 1 aromatic rings. The minimum absolute atomic E-state index is 0.849. The van der Waals surface area contributed by atoms with Gasteiger partial charge in [-0.25, -0.2) is 0 Å². The molecule has 1 saturated heterocycles. The van der Waals surface area contributed by atoms with Gasteiger partial charge in [-0.1, -0.05) is 12.1 Å². The maximum absolute atomic E-state index is 5.88. The Kier molecular flexibility index (Phi) is 3.23. The Morgan fingerprint density at radius 3 is 2.80 bits per heavy atom. The van der Waals surface area contributed by atoms with Crippen molar-refractivity contribution in [2.24, 2.45) is 0 Å². The average molecular weight is 206 g/mol. The average Bonchev–Trinajstić information content (AvgIpc) is 2.26. The summed E-state index contributed by atoms with van der Waals surface area (Å²) in [6.07, 6.45) is 0. The number of benzene rings is 1. The molecule has 3 nitrogen and oxygen atoms in total. The number of anilines is 1. The normalized spacial score (nSPS) is 17.9. The summed E-state index contributed by atoms with van der Waals surface area (Å²) in [6, 6.07) is 6.14. The van der Waals surface area contributed by atoms with Gasteiger partial charge in [0.1, 0.15) is 0 Å². The second-order valence-corrected chi connectivity index (χ2v) is 4.02. The molecule has 0 aliphatic carbocycles. The first-order chi connectivity index (χ1) is 7.27. The van der Waals surface area contributed by atoms with Gasteiger partial charge in [-0.2, -0.15) is 0 Å². The van der Waals surface area contributed by atoms with E-state index in [0.717, 1.165) is 38.5 Å². The van der Waals surface area contributed by atoms with E-state index in [1.807, 2.05) is 12.1 Å². The molecule has 1 aliphatic heterocycles. The van der Waals surface area contributed by atoms with Gasteiger partial charge in [0.05, 0.1) is 13.2 Å². The molecule has 0 atom stereocenters. The van der Waals surface area contributed by atoms with Crippen LogP contribution in [0, 0.1) is 6.92 Å². The fourth-order valence-electron chi connectivity index (χ4n) is 1.87. The first kappa shape index (κ1) is 10.5. The van der Waals surface area contributed by atoms with E-state index in [1.54, 1.807) is 0 Å². The van der Waals surface area contributed by atoms with E-state index >= 15 is 0 Å². The van der Waals surface area contributed by atoms with E-state index in [4.69, 9.17) is 10.5 Å². The van der Waals surface area contributed by atoms with Crippen molar-refractivity contribution in [3.05, 3.63) is 29.3 Å². The zero-order valence-corrected chi connectivity index (χ0v) is 9.20.